The van der Waals surface area contributed by atoms with Crippen LogP contribution in [-0.2, 0) is 21.7 Å². The number of carbonyl (C=O) groups is 3. The first-order valence-electron chi connectivity index (χ1n) is 9.03. The predicted molar refractivity (Wildman–Crippen MR) is 109 cm³/mol. The molecule has 0 radical (unpaired) electrons. The van der Waals surface area contributed by atoms with Crippen molar-refractivity contribution in [1.82, 2.24) is 15.1 Å². The molecule has 8 heteroatoms. The fourth-order valence-electron chi connectivity index (χ4n) is 3.32. The molecule has 1 unspecified atom stereocenters. The van der Waals surface area contributed by atoms with Gasteiger partial charge in [-0.05, 0) is 19.1 Å². The molecule has 2 aromatic rings. The van der Waals surface area contributed by atoms with Gasteiger partial charge in [0.15, 0.2) is 0 Å². The number of halogens is 1. The summed E-state index contributed by atoms with van der Waals surface area (Å²) in [4.78, 5) is 40.5. The van der Waals surface area contributed by atoms with Crippen LogP contribution in [0.1, 0.15) is 18.1 Å². The number of imide groups is 1. The van der Waals surface area contributed by atoms with Crippen molar-refractivity contribution in [1.29, 1.82) is 0 Å². The summed E-state index contributed by atoms with van der Waals surface area (Å²) in [7, 11) is 3.17. The van der Waals surface area contributed by atoms with Gasteiger partial charge in [0.05, 0.1) is 7.11 Å². The third-order valence-corrected chi connectivity index (χ3v) is 5.34. The fourth-order valence-corrected chi connectivity index (χ4v) is 3.65. The van der Waals surface area contributed by atoms with Gasteiger partial charge < -0.3 is 15.0 Å². The lowest BCUT2D eigenvalue weighted by Gasteiger charge is -2.24. The van der Waals surface area contributed by atoms with Crippen molar-refractivity contribution < 1.29 is 19.1 Å². The van der Waals surface area contributed by atoms with Gasteiger partial charge in [0, 0.05) is 29.7 Å². The van der Waals surface area contributed by atoms with Crippen molar-refractivity contribution in [3.63, 3.8) is 0 Å². The molecule has 152 valence electrons. The molecule has 0 bridgehead atoms. The molecule has 1 atom stereocenters. The van der Waals surface area contributed by atoms with E-state index in [0.717, 1.165) is 10.5 Å². The Morgan fingerprint density at radius 2 is 1.83 bits per heavy atom. The van der Waals surface area contributed by atoms with Crippen molar-refractivity contribution in [2.45, 2.75) is 19.0 Å². The standard InChI is InChI=1S/C21H22ClN3O4/c1-21(15-9-5-6-10-16(15)22)19(27)25(20(28)23-21)13-18(26)24(2)12-14-8-4-7-11-17(14)29-3/h4-11H,12-13H2,1-3H3,(H,23,28). The third kappa shape index (κ3) is 3.91. The molecule has 1 saturated heterocycles. The Morgan fingerprint density at radius 1 is 1.17 bits per heavy atom. The van der Waals surface area contributed by atoms with E-state index in [9.17, 15) is 14.4 Å². The quantitative estimate of drug-likeness (QED) is 0.736. The number of benzene rings is 2. The van der Waals surface area contributed by atoms with Gasteiger partial charge in [0.25, 0.3) is 5.91 Å². The van der Waals surface area contributed by atoms with Crippen molar-refractivity contribution in [3.8, 4) is 5.75 Å². The van der Waals surface area contributed by atoms with Crippen LogP contribution in [0, 0.1) is 0 Å². The Kier molecular flexibility index (Phi) is 5.79. The molecule has 7 nitrogen and oxygen atoms in total. The number of rotatable bonds is 6. The molecule has 0 spiro atoms. The number of carbonyl (C=O) groups excluding carboxylic acids is 3. The number of para-hydroxylation sites is 1. The smallest absolute Gasteiger partial charge is 0.325 e. The normalized spacial score (nSPS) is 18.6. The zero-order valence-electron chi connectivity index (χ0n) is 16.4. The summed E-state index contributed by atoms with van der Waals surface area (Å²) < 4.78 is 5.30. The van der Waals surface area contributed by atoms with E-state index < -0.39 is 17.5 Å². The van der Waals surface area contributed by atoms with Crippen molar-refractivity contribution in [2.24, 2.45) is 0 Å². The van der Waals surface area contributed by atoms with E-state index in [-0.39, 0.29) is 19.0 Å². The van der Waals surface area contributed by atoms with Crippen LogP contribution in [-0.4, -0.2) is 48.3 Å². The number of likely N-dealkylation sites (N-methyl/N-ethyl adjacent to an activating group) is 1. The number of hydrogen-bond acceptors (Lipinski definition) is 4. The fraction of sp³-hybridized carbons (Fsp3) is 0.286. The van der Waals surface area contributed by atoms with Gasteiger partial charge in [-0.2, -0.15) is 0 Å². The second-order valence-corrected chi connectivity index (χ2v) is 7.40. The lowest BCUT2D eigenvalue weighted by atomic mass is 9.92. The van der Waals surface area contributed by atoms with Gasteiger partial charge in [-0.25, -0.2) is 4.79 Å². The Balaban J connectivity index is 1.74. The number of nitrogens with zero attached hydrogens (tertiary/aromatic N) is 2. The van der Waals surface area contributed by atoms with E-state index in [1.807, 2.05) is 18.2 Å². The number of nitrogens with one attached hydrogen (secondary N) is 1. The minimum atomic E-state index is -1.32. The summed E-state index contributed by atoms with van der Waals surface area (Å²) >= 11 is 6.22. The minimum absolute atomic E-state index is 0.286. The predicted octanol–water partition coefficient (Wildman–Crippen LogP) is 2.77. The molecule has 1 aliphatic heterocycles. The zero-order valence-corrected chi connectivity index (χ0v) is 17.2. The molecule has 0 saturated carbocycles. The zero-order chi connectivity index (χ0) is 21.2. The second-order valence-electron chi connectivity index (χ2n) is 6.99. The summed E-state index contributed by atoms with van der Waals surface area (Å²) in [5.41, 5.74) is -0.0157. The third-order valence-electron chi connectivity index (χ3n) is 5.01. The molecule has 0 aromatic heterocycles. The van der Waals surface area contributed by atoms with Gasteiger partial charge in [-0.3, -0.25) is 14.5 Å². The van der Waals surface area contributed by atoms with Crippen LogP contribution in [0.25, 0.3) is 0 Å². The molecule has 1 aliphatic rings. The summed E-state index contributed by atoms with van der Waals surface area (Å²) in [6.45, 7) is 1.50. The Hall–Kier alpha value is -3.06. The average molecular weight is 416 g/mol. The second kappa shape index (κ2) is 8.13. The first kappa shape index (κ1) is 20.7. The lowest BCUT2D eigenvalue weighted by molar-refractivity contribution is -0.138. The highest BCUT2D eigenvalue weighted by Gasteiger charge is 2.50. The summed E-state index contributed by atoms with van der Waals surface area (Å²) in [6, 6.07) is 13.5. The maximum absolute atomic E-state index is 13.0. The van der Waals surface area contributed by atoms with Crippen LogP contribution >= 0.6 is 11.6 Å². The largest absolute Gasteiger partial charge is 0.496 e. The SMILES string of the molecule is COc1ccccc1CN(C)C(=O)CN1C(=O)NC(C)(c2ccccc2Cl)C1=O. The van der Waals surface area contributed by atoms with E-state index in [1.54, 1.807) is 51.4 Å². The van der Waals surface area contributed by atoms with Crippen molar-refractivity contribution in [2.75, 3.05) is 20.7 Å². The Morgan fingerprint density at radius 3 is 2.52 bits per heavy atom. The van der Waals surface area contributed by atoms with Crippen LogP contribution in [0.2, 0.25) is 5.02 Å². The maximum Gasteiger partial charge on any atom is 0.325 e. The van der Waals surface area contributed by atoms with Crippen LogP contribution in [0.15, 0.2) is 48.5 Å². The molecule has 1 N–H and O–H groups in total. The first-order valence-corrected chi connectivity index (χ1v) is 9.40. The number of hydrogen-bond donors (Lipinski definition) is 1. The van der Waals surface area contributed by atoms with Crippen LogP contribution in [0.3, 0.4) is 0 Å². The Bertz CT molecular complexity index is 964. The van der Waals surface area contributed by atoms with Crippen LogP contribution < -0.4 is 10.1 Å². The number of amides is 4. The summed E-state index contributed by atoms with van der Waals surface area (Å²) in [5, 5.41) is 3.03. The molecular weight excluding hydrogens is 394 g/mol. The van der Waals surface area contributed by atoms with Gasteiger partial charge in [0.1, 0.15) is 17.8 Å². The maximum atomic E-state index is 13.0. The van der Waals surface area contributed by atoms with Crippen LogP contribution in [0.4, 0.5) is 4.79 Å². The summed E-state index contributed by atoms with van der Waals surface area (Å²) in [6.07, 6.45) is 0. The Labute approximate surface area is 174 Å². The first-order chi connectivity index (χ1) is 13.8. The van der Waals surface area contributed by atoms with E-state index in [4.69, 9.17) is 16.3 Å². The molecule has 1 fully saturated rings. The number of ether oxygens (including phenoxy) is 1. The summed E-state index contributed by atoms with van der Waals surface area (Å²) in [5.74, 6) is -0.231. The molecule has 0 aliphatic carbocycles. The van der Waals surface area contributed by atoms with Crippen LogP contribution in [0.5, 0.6) is 5.75 Å². The molecular formula is C21H22ClN3O4. The molecule has 1 heterocycles. The highest BCUT2D eigenvalue weighted by molar-refractivity contribution is 6.32. The topological polar surface area (TPSA) is 79.0 Å². The van der Waals surface area contributed by atoms with Gasteiger partial charge in [0.2, 0.25) is 5.91 Å². The van der Waals surface area contributed by atoms with Gasteiger partial charge in [-0.15, -0.1) is 0 Å². The lowest BCUT2D eigenvalue weighted by Crippen LogP contribution is -2.43. The highest BCUT2D eigenvalue weighted by atomic mass is 35.5. The van der Waals surface area contributed by atoms with Crippen molar-refractivity contribution in [3.05, 3.63) is 64.7 Å². The van der Waals surface area contributed by atoms with Gasteiger partial charge >= 0.3 is 6.03 Å². The monoisotopic (exact) mass is 415 g/mol. The average Bonchev–Trinajstić information content (AvgIpc) is 2.92. The van der Waals surface area contributed by atoms with E-state index in [2.05, 4.69) is 5.32 Å². The van der Waals surface area contributed by atoms with Gasteiger partial charge in [-0.1, -0.05) is 48.0 Å². The molecule has 4 amide bonds. The van der Waals surface area contributed by atoms with E-state index in [0.29, 0.717) is 16.3 Å². The molecule has 3 rings (SSSR count). The molecule has 2 aromatic carbocycles. The van der Waals surface area contributed by atoms with E-state index in [1.165, 1.54) is 4.90 Å². The number of methoxy groups -OCH3 is 1. The number of urea groups is 1. The molecule has 29 heavy (non-hydrogen) atoms. The van der Waals surface area contributed by atoms with E-state index >= 15 is 0 Å². The minimum Gasteiger partial charge on any atom is -0.496 e. The highest BCUT2D eigenvalue weighted by Crippen LogP contribution is 2.33. The van der Waals surface area contributed by atoms with Crippen molar-refractivity contribution >= 4 is 29.4 Å².